The number of carbonyl (C=O) groups excluding carboxylic acids is 1. The van der Waals surface area contributed by atoms with Gasteiger partial charge in [0.05, 0.1) is 5.92 Å². The van der Waals surface area contributed by atoms with E-state index < -0.39 is 0 Å². The molecule has 0 unspecified atom stereocenters. The van der Waals surface area contributed by atoms with E-state index in [1.807, 2.05) is 47.2 Å². The van der Waals surface area contributed by atoms with Gasteiger partial charge in [0.2, 0.25) is 11.7 Å². The van der Waals surface area contributed by atoms with Gasteiger partial charge in [0, 0.05) is 35.7 Å². The summed E-state index contributed by atoms with van der Waals surface area (Å²) in [7, 11) is 0. The van der Waals surface area contributed by atoms with Crippen LogP contribution in [0, 0.1) is 0 Å². The van der Waals surface area contributed by atoms with Gasteiger partial charge in [-0.1, -0.05) is 40.6 Å². The van der Waals surface area contributed by atoms with E-state index in [1.165, 1.54) is 0 Å². The maximum Gasteiger partial charge on any atom is 0.276 e. The second kappa shape index (κ2) is 6.48. The SMILES string of the molecule is O=C(c1cc(-c2ccccc2)on1)N1CC(c2nc(-c3ccsc3)no2)C1. The fourth-order valence-corrected chi connectivity index (χ4v) is 3.62. The predicted molar refractivity (Wildman–Crippen MR) is 98.2 cm³/mol. The van der Waals surface area contributed by atoms with Crippen LogP contribution in [-0.2, 0) is 0 Å². The minimum Gasteiger partial charge on any atom is -0.355 e. The standard InChI is InChI=1S/C19H14N4O3S/c24-19(15-8-16(25-21-15)12-4-2-1-3-5-12)23-9-14(10-23)18-20-17(22-26-18)13-6-7-27-11-13/h1-8,11,14H,9-10H2. The summed E-state index contributed by atoms with van der Waals surface area (Å²) >= 11 is 1.58. The summed E-state index contributed by atoms with van der Waals surface area (Å²) in [6.07, 6.45) is 0. The molecular formula is C19H14N4O3S. The highest BCUT2D eigenvalue weighted by molar-refractivity contribution is 7.08. The molecule has 0 atom stereocenters. The highest BCUT2D eigenvalue weighted by Gasteiger charge is 2.37. The van der Waals surface area contributed by atoms with E-state index >= 15 is 0 Å². The molecule has 3 aromatic heterocycles. The van der Waals surface area contributed by atoms with Crippen LogP contribution in [0.3, 0.4) is 0 Å². The molecule has 1 amide bonds. The third-order valence-electron chi connectivity index (χ3n) is 4.53. The van der Waals surface area contributed by atoms with Gasteiger partial charge in [-0.2, -0.15) is 16.3 Å². The fourth-order valence-electron chi connectivity index (χ4n) is 2.99. The molecule has 5 rings (SSSR count). The number of likely N-dealkylation sites (tertiary alicyclic amines) is 1. The zero-order chi connectivity index (χ0) is 18.2. The zero-order valence-electron chi connectivity index (χ0n) is 14.1. The van der Waals surface area contributed by atoms with Crippen LogP contribution >= 0.6 is 11.3 Å². The molecule has 0 spiro atoms. The number of nitrogens with zero attached hydrogens (tertiary/aromatic N) is 4. The lowest BCUT2D eigenvalue weighted by Gasteiger charge is -2.36. The van der Waals surface area contributed by atoms with Crippen molar-refractivity contribution in [3.05, 3.63) is 64.8 Å². The number of amides is 1. The van der Waals surface area contributed by atoms with Crippen LogP contribution < -0.4 is 0 Å². The quantitative estimate of drug-likeness (QED) is 0.538. The maximum atomic E-state index is 12.6. The van der Waals surface area contributed by atoms with Crippen LogP contribution in [0.25, 0.3) is 22.7 Å². The number of aromatic nitrogens is 3. The van der Waals surface area contributed by atoms with Crippen LogP contribution in [0.5, 0.6) is 0 Å². The highest BCUT2D eigenvalue weighted by atomic mass is 32.1. The van der Waals surface area contributed by atoms with Gasteiger partial charge in [0.15, 0.2) is 11.5 Å². The van der Waals surface area contributed by atoms with Crippen molar-refractivity contribution in [2.45, 2.75) is 5.92 Å². The number of hydrogen-bond acceptors (Lipinski definition) is 7. The molecule has 7 nitrogen and oxygen atoms in total. The average Bonchev–Trinajstić information content (AvgIpc) is 3.41. The minimum atomic E-state index is -0.158. The van der Waals surface area contributed by atoms with Gasteiger partial charge in [0.25, 0.3) is 5.91 Å². The first-order chi connectivity index (χ1) is 13.3. The fraction of sp³-hybridized carbons (Fsp3) is 0.158. The van der Waals surface area contributed by atoms with Crippen LogP contribution in [0.4, 0.5) is 0 Å². The van der Waals surface area contributed by atoms with E-state index in [0.29, 0.717) is 36.3 Å². The molecule has 1 aromatic carbocycles. The lowest BCUT2D eigenvalue weighted by atomic mass is 9.99. The average molecular weight is 378 g/mol. The first-order valence-corrected chi connectivity index (χ1v) is 9.40. The molecule has 1 saturated heterocycles. The number of rotatable bonds is 4. The highest BCUT2D eigenvalue weighted by Crippen LogP contribution is 2.30. The van der Waals surface area contributed by atoms with Crippen molar-refractivity contribution in [3.8, 4) is 22.7 Å². The van der Waals surface area contributed by atoms with Crippen molar-refractivity contribution in [1.29, 1.82) is 0 Å². The first kappa shape index (κ1) is 16.0. The lowest BCUT2D eigenvalue weighted by Crippen LogP contribution is -2.48. The Bertz CT molecular complexity index is 1070. The van der Waals surface area contributed by atoms with Crippen LogP contribution in [0.15, 0.2) is 62.3 Å². The molecule has 4 aromatic rings. The molecule has 0 radical (unpaired) electrons. The lowest BCUT2D eigenvalue weighted by molar-refractivity contribution is 0.0559. The number of carbonyl (C=O) groups is 1. The van der Waals surface area contributed by atoms with Gasteiger partial charge >= 0.3 is 0 Å². The largest absolute Gasteiger partial charge is 0.355 e. The van der Waals surface area contributed by atoms with Gasteiger partial charge in [0.1, 0.15) is 0 Å². The topological polar surface area (TPSA) is 85.3 Å². The number of benzene rings is 1. The molecule has 4 heterocycles. The molecule has 0 saturated carbocycles. The van der Waals surface area contributed by atoms with E-state index in [0.717, 1.165) is 11.1 Å². The van der Waals surface area contributed by atoms with E-state index in [1.54, 1.807) is 22.3 Å². The second-order valence-corrected chi connectivity index (χ2v) is 7.10. The Balaban J connectivity index is 1.25. The summed E-state index contributed by atoms with van der Waals surface area (Å²) in [4.78, 5) is 18.7. The summed E-state index contributed by atoms with van der Waals surface area (Å²) in [5.41, 5.74) is 2.13. The van der Waals surface area contributed by atoms with Gasteiger partial charge in [-0.3, -0.25) is 4.79 Å². The van der Waals surface area contributed by atoms with Crippen LogP contribution in [0.2, 0.25) is 0 Å². The number of thiophene rings is 1. The van der Waals surface area contributed by atoms with Crippen molar-refractivity contribution in [2.24, 2.45) is 0 Å². The third-order valence-corrected chi connectivity index (χ3v) is 5.21. The van der Waals surface area contributed by atoms with Crippen molar-refractivity contribution in [1.82, 2.24) is 20.2 Å². The molecule has 1 aliphatic rings. The van der Waals surface area contributed by atoms with E-state index in [9.17, 15) is 4.79 Å². The Hall–Kier alpha value is -3.26. The summed E-state index contributed by atoms with van der Waals surface area (Å²) < 4.78 is 10.7. The molecular weight excluding hydrogens is 364 g/mol. The molecule has 1 fully saturated rings. The van der Waals surface area contributed by atoms with Gasteiger partial charge < -0.3 is 13.9 Å². The minimum absolute atomic E-state index is 0.0503. The zero-order valence-corrected chi connectivity index (χ0v) is 14.9. The van der Waals surface area contributed by atoms with E-state index in [4.69, 9.17) is 9.05 Å². The Morgan fingerprint density at radius 2 is 1.93 bits per heavy atom. The Morgan fingerprint density at radius 1 is 1.07 bits per heavy atom. The third kappa shape index (κ3) is 2.93. The second-order valence-electron chi connectivity index (χ2n) is 6.32. The van der Waals surface area contributed by atoms with Gasteiger partial charge in [-0.15, -0.1) is 0 Å². The van der Waals surface area contributed by atoms with Crippen molar-refractivity contribution < 1.29 is 13.8 Å². The van der Waals surface area contributed by atoms with Gasteiger partial charge in [-0.25, -0.2) is 0 Å². The summed E-state index contributed by atoms with van der Waals surface area (Å²) in [5.74, 6) is 1.61. The predicted octanol–water partition coefficient (Wildman–Crippen LogP) is 3.69. The van der Waals surface area contributed by atoms with Crippen LogP contribution in [0.1, 0.15) is 22.3 Å². The molecule has 0 aliphatic carbocycles. The normalized spacial score (nSPS) is 14.3. The van der Waals surface area contributed by atoms with E-state index in [2.05, 4.69) is 15.3 Å². The number of hydrogen-bond donors (Lipinski definition) is 0. The first-order valence-electron chi connectivity index (χ1n) is 8.45. The Morgan fingerprint density at radius 3 is 2.70 bits per heavy atom. The summed E-state index contributed by atoms with van der Waals surface area (Å²) in [5, 5.41) is 11.9. The molecule has 0 N–H and O–H groups in total. The monoisotopic (exact) mass is 378 g/mol. The van der Waals surface area contributed by atoms with E-state index in [-0.39, 0.29) is 11.8 Å². The molecule has 27 heavy (non-hydrogen) atoms. The Kier molecular flexibility index (Phi) is 3.83. The van der Waals surface area contributed by atoms with Crippen LogP contribution in [-0.4, -0.2) is 39.2 Å². The molecule has 134 valence electrons. The van der Waals surface area contributed by atoms with Crippen molar-refractivity contribution in [2.75, 3.05) is 13.1 Å². The van der Waals surface area contributed by atoms with Gasteiger partial charge in [-0.05, 0) is 11.4 Å². The molecule has 8 heteroatoms. The van der Waals surface area contributed by atoms with Crippen molar-refractivity contribution in [3.63, 3.8) is 0 Å². The summed E-state index contributed by atoms with van der Waals surface area (Å²) in [6.45, 7) is 1.05. The summed E-state index contributed by atoms with van der Waals surface area (Å²) in [6, 6.07) is 13.2. The molecule has 1 aliphatic heterocycles. The molecule has 0 bridgehead atoms. The Labute approximate surface area is 158 Å². The smallest absolute Gasteiger partial charge is 0.276 e. The maximum absolute atomic E-state index is 12.6. The van der Waals surface area contributed by atoms with Crippen molar-refractivity contribution >= 4 is 17.2 Å².